The number of anilines is 1. The van der Waals surface area contributed by atoms with E-state index in [9.17, 15) is 9.59 Å². The second kappa shape index (κ2) is 7.70. The number of nitrogens with one attached hydrogen (secondary N) is 1. The number of piperidine rings is 1. The number of carbonyl (C=O) groups is 2. The Kier molecular flexibility index (Phi) is 4.96. The van der Waals surface area contributed by atoms with E-state index in [1.165, 1.54) is 0 Å². The van der Waals surface area contributed by atoms with E-state index >= 15 is 0 Å². The normalized spacial score (nSPS) is 18.7. The largest absolute Gasteiger partial charge is 0.485 e. The third-order valence-electron chi connectivity index (χ3n) is 4.86. The highest BCUT2D eigenvalue weighted by Gasteiger charge is 2.28. The maximum atomic E-state index is 12.9. The van der Waals surface area contributed by atoms with E-state index in [1.807, 2.05) is 23.1 Å². The predicted octanol–water partition coefficient (Wildman–Crippen LogP) is 3.09. The first-order chi connectivity index (χ1) is 13.2. The van der Waals surface area contributed by atoms with Crippen molar-refractivity contribution in [3.05, 3.63) is 54.1 Å². The third-order valence-corrected chi connectivity index (χ3v) is 4.86. The number of fused-ring (bicyclic) bond motifs is 1. The molecule has 0 aliphatic carbocycles. The molecule has 4 rings (SSSR count). The Morgan fingerprint density at radius 3 is 2.44 bits per heavy atom. The van der Waals surface area contributed by atoms with Gasteiger partial charge in [-0.2, -0.15) is 0 Å². The fourth-order valence-corrected chi connectivity index (χ4v) is 3.41. The lowest BCUT2D eigenvalue weighted by molar-refractivity contribution is -0.125. The maximum absolute atomic E-state index is 12.9. The van der Waals surface area contributed by atoms with E-state index in [4.69, 9.17) is 9.47 Å². The van der Waals surface area contributed by atoms with Crippen molar-refractivity contribution >= 4 is 17.5 Å². The van der Waals surface area contributed by atoms with Crippen molar-refractivity contribution in [2.24, 2.45) is 0 Å². The highest BCUT2D eigenvalue weighted by molar-refractivity contribution is 6.04. The summed E-state index contributed by atoms with van der Waals surface area (Å²) in [6.45, 7) is 1.65. The van der Waals surface area contributed by atoms with Gasteiger partial charge in [-0.1, -0.05) is 24.3 Å². The summed E-state index contributed by atoms with van der Waals surface area (Å²) in [6.07, 6.45) is 2.43. The van der Waals surface area contributed by atoms with Crippen LogP contribution in [-0.2, 0) is 4.79 Å². The van der Waals surface area contributed by atoms with Crippen LogP contribution < -0.4 is 14.8 Å². The Balaban J connectivity index is 1.48. The Labute approximate surface area is 158 Å². The van der Waals surface area contributed by atoms with Gasteiger partial charge < -0.3 is 19.7 Å². The van der Waals surface area contributed by atoms with Gasteiger partial charge in [0.05, 0.1) is 11.3 Å². The molecule has 0 bridgehead atoms. The van der Waals surface area contributed by atoms with E-state index < -0.39 is 6.10 Å². The third kappa shape index (κ3) is 3.74. The van der Waals surface area contributed by atoms with E-state index in [-0.39, 0.29) is 18.4 Å². The number of hydrogen-bond donors (Lipinski definition) is 1. The summed E-state index contributed by atoms with van der Waals surface area (Å²) in [7, 11) is 0. The number of likely N-dealkylation sites (tertiary alicyclic amines) is 1. The standard InChI is InChI=1S/C21H22N2O4/c24-20(19-14-26-17-10-4-5-11-18(17)27-19)22-16-9-3-2-8-15(16)21(25)23-12-6-1-7-13-23/h2-5,8-11,19H,1,6-7,12-14H2,(H,22,24)/t19-/m0/s1. The average Bonchev–Trinajstić information content (AvgIpc) is 2.74. The van der Waals surface area contributed by atoms with Crippen LogP contribution in [0.4, 0.5) is 5.69 Å². The fraction of sp³-hybridized carbons (Fsp3) is 0.333. The molecule has 0 aromatic heterocycles. The van der Waals surface area contributed by atoms with Crippen molar-refractivity contribution in [3.63, 3.8) is 0 Å². The fourth-order valence-electron chi connectivity index (χ4n) is 3.41. The second-order valence-electron chi connectivity index (χ2n) is 6.75. The van der Waals surface area contributed by atoms with Crippen molar-refractivity contribution in [1.82, 2.24) is 4.90 Å². The minimum Gasteiger partial charge on any atom is -0.485 e. The Morgan fingerprint density at radius 2 is 1.63 bits per heavy atom. The molecule has 0 spiro atoms. The molecule has 2 heterocycles. The van der Waals surface area contributed by atoms with Crippen molar-refractivity contribution in [1.29, 1.82) is 0 Å². The highest BCUT2D eigenvalue weighted by atomic mass is 16.6. The van der Waals surface area contributed by atoms with Crippen LogP contribution in [0.15, 0.2) is 48.5 Å². The predicted molar refractivity (Wildman–Crippen MR) is 101 cm³/mol. The number of ether oxygens (including phenoxy) is 2. The number of nitrogens with zero attached hydrogens (tertiary/aromatic N) is 1. The van der Waals surface area contributed by atoms with Gasteiger partial charge in [0.2, 0.25) is 6.10 Å². The number of benzene rings is 2. The summed E-state index contributed by atoms with van der Waals surface area (Å²) in [5, 5.41) is 2.84. The van der Waals surface area contributed by atoms with E-state index in [2.05, 4.69) is 5.32 Å². The van der Waals surface area contributed by atoms with Crippen molar-refractivity contribution in [2.75, 3.05) is 25.0 Å². The summed E-state index contributed by atoms with van der Waals surface area (Å²) >= 11 is 0. The second-order valence-corrected chi connectivity index (χ2v) is 6.75. The Morgan fingerprint density at radius 1 is 0.926 bits per heavy atom. The summed E-state index contributed by atoms with van der Waals surface area (Å²) in [5.74, 6) is 0.795. The van der Waals surface area contributed by atoms with Crippen LogP contribution in [0.5, 0.6) is 11.5 Å². The van der Waals surface area contributed by atoms with E-state index in [1.54, 1.807) is 30.3 Å². The van der Waals surface area contributed by atoms with Gasteiger partial charge in [0.25, 0.3) is 11.8 Å². The van der Waals surface area contributed by atoms with Crippen LogP contribution in [0, 0.1) is 0 Å². The molecule has 1 N–H and O–H groups in total. The molecule has 1 atom stereocenters. The van der Waals surface area contributed by atoms with Crippen molar-refractivity contribution < 1.29 is 19.1 Å². The topological polar surface area (TPSA) is 67.9 Å². The van der Waals surface area contributed by atoms with E-state index in [0.29, 0.717) is 22.7 Å². The number of rotatable bonds is 3. The van der Waals surface area contributed by atoms with Gasteiger partial charge in [0.1, 0.15) is 6.61 Å². The molecule has 2 amide bonds. The summed E-state index contributed by atoms with van der Waals surface area (Å²) < 4.78 is 11.4. The van der Waals surface area contributed by atoms with Gasteiger partial charge >= 0.3 is 0 Å². The van der Waals surface area contributed by atoms with Crippen LogP contribution >= 0.6 is 0 Å². The first-order valence-electron chi connectivity index (χ1n) is 9.30. The van der Waals surface area contributed by atoms with Crippen molar-refractivity contribution in [3.8, 4) is 11.5 Å². The van der Waals surface area contributed by atoms with Gasteiger partial charge in [-0.3, -0.25) is 9.59 Å². The number of carbonyl (C=O) groups excluding carboxylic acids is 2. The van der Waals surface area contributed by atoms with Crippen LogP contribution in [0.2, 0.25) is 0 Å². The monoisotopic (exact) mass is 366 g/mol. The molecule has 0 radical (unpaired) electrons. The number of amides is 2. The average molecular weight is 366 g/mol. The molecule has 2 aromatic carbocycles. The molecule has 140 valence electrons. The van der Waals surface area contributed by atoms with Gasteiger partial charge in [0.15, 0.2) is 11.5 Å². The molecule has 2 aliphatic rings. The lowest BCUT2D eigenvalue weighted by atomic mass is 10.1. The molecule has 1 fully saturated rings. The molecular weight excluding hydrogens is 344 g/mol. The molecule has 0 saturated carbocycles. The molecule has 2 aromatic rings. The zero-order valence-electron chi connectivity index (χ0n) is 15.0. The van der Waals surface area contributed by atoms with Gasteiger partial charge in [0, 0.05) is 13.1 Å². The smallest absolute Gasteiger partial charge is 0.269 e. The lowest BCUT2D eigenvalue weighted by Crippen LogP contribution is -2.41. The first-order valence-corrected chi connectivity index (χ1v) is 9.30. The van der Waals surface area contributed by atoms with Crippen LogP contribution in [0.25, 0.3) is 0 Å². The number of hydrogen-bond acceptors (Lipinski definition) is 4. The Hall–Kier alpha value is -3.02. The Bertz CT molecular complexity index is 846. The quantitative estimate of drug-likeness (QED) is 0.906. The van der Waals surface area contributed by atoms with Gasteiger partial charge in [-0.15, -0.1) is 0 Å². The molecule has 27 heavy (non-hydrogen) atoms. The minimum absolute atomic E-state index is 0.0447. The molecule has 0 unspecified atom stereocenters. The SMILES string of the molecule is O=C(Nc1ccccc1C(=O)N1CCCCC1)[C@@H]1COc2ccccc2O1. The zero-order valence-corrected chi connectivity index (χ0v) is 15.0. The summed E-state index contributed by atoms with van der Waals surface area (Å²) in [4.78, 5) is 27.4. The van der Waals surface area contributed by atoms with E-state index in [0.717, 1.165) is 32.4 Å². The van der Waals surface area contributed by atoms with Crippen molar-refractivity contribution in [2.45, 2.75) is 25.4 Å². The minimum atomic E-state index is -0.766. The molecule has 1 saturated heterocycles. The van der Waals surface area contributed by atoms with Crippen LogP contribution in [0.3, 0.4) is 0 Å². The molecule has 6 heteroatoms. The molecular formula is C21H22N2O4. The van der Waals surface area contributed by atoms with Crippen LogP contribution in [-0.4, -0.2) is 42.5 Å². The lowest BCUT2D eigenvalue weighted by Gasteiger charge is -2.28. The maximum Gasteiger partial charge on any atom is 0.269 e. The zero-order chi connectivity index (χ0) is 18.6. The van der Waals surface area contributed by atoms with Gasteiger partial charge in [-0.25, -0.2) is 0 Å². The summed E-state index contributed by atoms with van der Waals surface area (Å²) in [5.41, 5.74) is 1.01. The first kappa shape index (κ1) is 17.4. The highest BCUT2D eigenvalue weighted by Crippen LogP contribution is 2.31. The molecule has 6 nitrogen and oxygen atoms in total. The summed E-state index contributed by atoms with van der Waals surface area (Å²) in [6, 6.07) is 14.4. The number of para-hydroxylation sites is 3. The van der Waals surface area contributed by atoms with Crippen LogP contribution in [0.1, 0.15) is 29.6 Å². The molecule has 2 aliphatic heterocycles. The van der Waals surface area contributed by atoms with Gasteiger partial charge in [-0.05, 0) is 43.5 Å².